The smallest absolute Gasteiger partial charge is 0.325 e. The molecule has 0 aliphatic rings. The summed E-state index contributed by atoms with van der Waals surface area (Å²) in [5, 5.41) is 3.04. The van der Waals surface area contributed by atoms with E-state index >= 15 is 0 Å². The van der Waals surface area contributed by atoms with Gasteiger partial charge in [-0.15, -0.1) is 0 Å². The Morgan fingerprint density at radius 3 is 2.89 bits per heavy atom. The summed E-state index contributed by atoms with van der Waals surface area (Å²) in [6.45, 7) is 4.83. The molecule has 1 N–H and O–H groups in total. The molecule has 0 amide bonds. The van der Waals surface area contributed by atoms with Crippen LogP contribution in [-0.2, 0) is 22.5 Å². The number of rotatable bonds is 7. The third-order valence-corrected chi connectivity index (χ3v) is 3.38. The number of nitrogens with one attached hydrogen (secondary N) is 1. The van der Waals surface area contributed by atoms with Gasteiger partial charge in [-0.05, 0) is 26.8 Å². The molecular formula is C13H23N3O2. The van der Waals surface area contributed by atoms with Crippen LogP contribution in [0.15, 0.2) is 12.4 Å². The Morgan fingerprint density at radius 1 is 1.61 bits per heavy atom. The lowest BCUT2D eigenvalue weighted by Crippen LogP contribution is -2.48. The molecule has 0 bridgehead atoms. The van der Waals surface area contributed by atoms with Crippen LogP contribution in [0.3, 0.4) is 0 Å². The Kier molecular flexibility index (Phi) is 5.34. The third kappa shape index (κ3) is 3.32. The minimum Gasteiger partial charge on any atom is -0.468 e. The van der Waals surface area contributed by atoms with E-state index in [4.69, 9.17) is 4.74 Å². The second-order valence-corrected chi connectivity index (χ2v) is 4.57. The van der Waals surface area contributed by atoms with Gasteiger partial charge in [0.05, 0.1) is 7.11 Å². The Morgan fingerprint density at radius 2 is 2.33 bits per heavy atom. The largest absolute Gasteiger partial charge is 0.468 e. The summed E-state index contributed by atoms with van der Waals surface area (Å²) in [4.78, 5) is 16.0. The van der Waals surface area contributed by atoms with E-state index in [-0.39, 0.29) is 5.97 Å². The van der Waals surface area contributed by atoms with Gasteiger partial charge >= 0.3 is 5.97 Å². The fraction of sp³-hybridized carbons (Fsp3) is 0.692. The molecule has 5 nitrogen and oxygen atoms in total. The van der Waals surface area contributed by atoms with E-state index in [0.29, 0.717) is 0 Å². The number of hydrogen-bond donors (Lipinski definition) is 1. The summed E-state index contributed by atoms with van der Waals surface area (Å²) >= 11 is 0. The summed E-state index contributed by atoms with van der Waals surface area (Å²) in [5.41, 5.74) is -0.609. The van der Waals surface area contributed by atoms with Crippen molar-refractivity contribution in [2.75, 3.05) is 14.2 Å². The predicted octanol–water partition coefficient (Wildman–Crippen LogP) is 1.38. The normalized spacial score (nSPS) is 14.2. The number of methoxy groups -OCH3 is 1. The summed E-state index contributed by atoms with van der Waals surface area (Å²) in [7, 11) is 3.20. The van der Waals surface area contributed by atoms with Crippen molar-refractivity contribution in [1.29, 1.82) is 0 Å². The molecule has 0 radical (unpaired) electrons. The second kappa shape index (κ2) is 6.54. The van der Waals surface area contributed by atoms with Crippen molar-refractivity contribution in [2.45, 2.75) is 45.2 Å². The van der Waals surface area contributed by atoms with Crippen LogP contribution < -0.4 is 5.32 Å². The summed E-state index contributed by atoms with van der Waals surface area (Å²) in [6, 6.07) is 0. The Labute approximate surface area is 109 Å². The van der Waals surface area contributed by atoms with E-state index in [0.717, 1.165) is 31.6 Å². The third-order valence-electron chi connectivity index (χ3n) is 3.38. The van der Waals surface area contributed by atoms with Gasteiger partial charge in [-0.1, -0.05) is 6.92 Å². The Balaban J connectivity index is 2.52. The standard InChI is InChI=1S/C13H23N3O2/c1-5-11-15-8-10-16(11)9-6-7-13(2,14-3)12(17)18-4/h8,10,14H,5-7,9H2,1-4H3. The first-order valence-corrected chi connectivity index (χ1v) is 6.34. The monoisotopic (exact) mass is 253 g/mol. The summed E-state index contributed by atoms with van der Waals surface area (Å²) < 4.78 is 6.95. The number of imidazole rings is 1. The summed E-state index contributed by atoms with van der Waals surface area (Å²) in [5.74, 6) is 0.866. The molecule has 5 heteroatoms. The van der Waals surface area contributed by atoms with E-state index in [1.165, 1.54) is 7.11 Å². The molecular weight excluding hydrogens is 230 g/mol. The highest BCUT2D eigenvalue weighted by molar-refractivity contribution is 5.80. The van der Waals surface area contributed by atoms with Crippen LogP contribution in [0, 0.1) is 0 Å². The lowest BCUT2D eigenvalue weighted by atomic mass is 9.96. The van der Waals surface area contributed by atoms with Gasteiger partial charge in [-0.2, -0.15) is 0 Å². The van der Waals surface area contributed by atoms with Crippen LogP contribution in [-0.4, -0.2) is 35.2 Å². The van der Waals surface area contributed by atoms with Crippen molar-refractivity contribution in [3.8, 4) is 0 Å². The zero-order valence-electron chi connectivity index (χ0n) is 11.7. The van der Waals surface area contributed by atoms with Gasteiger partial charge in [0.1, 0.15) is 11.4 Å². The molecule has 1 aromatic rings. The van der Waals surface area contributed by atoms with Gasteiger partial charge in [-0.25, -0.2) is 4.98 Å². The van der Waals surface area contributed by atoms with Gasteiger partial charge in [0.2, 0.25) is 0 Å². The molecule has 0 saturated carbocycles. The second-order valence-electron chi connectivity index (χ2n) is 4.57. The average molecular weight is 253 g/mol. The van der Waals surface area contributed by atoms with Gasteiger partial charge < -0.3 is 14.6 Å². The van der Waals surface area contributed by atoms with Crippen LogP contribution in [0.25, 0.3) is 0 Å². The number of carbonyl (C=O) groups excluding carboxylic acids is 1. The van der Waals surface area contributed by atoms with Crippen molar-refractivity contribution < 1.29 is 9.53 Å². The fourth-order valence-electron chi connectivity index (χ4n) is 2.02. The van der Waals surface area contributed by atoms with Gasteiger partial charge in [-0.3, -0.25) is 4.79 Å². The van der Waals surface area contributed by atoms with Crippen molar-refractivity contribution in [1.82, 2.24) is 14.9 Å². The number of aromatic nitrogens is 2. The minimum atomic E-state index is -0.609. The van der Waals surface area contributed by atoms with Crippen molar-refractivity contribution in [3.63, 3.8) is 0 Å². The quantitative estimate of drug-likeness (QED) is 0.746. The SMILES string of the molecule is CCc1nccn1CCCC(C)(NC)C(=O)OC. The number of esters is 1. The Hall–Kier alpha value is -1.36. The van der Waals surface area contributed by atoms with Gasteiger partial charge in [0.25, 0.3) is 0 Å². The van der Waals surface area contributed by atoms with Gasteiger partial charge in [0, 0.05) is 25.4 Å². The topological polar surface area (TPSA) is 56.2 Å². The molecule has 1 atom stereocenters. The van der Waals surface area contributed by atoms with Crippen LogP contribution in [0.4, 0.5) is 0 Å². The van der Waals surface area contributed by atoms with Crippen LogP contribution in [0.2, 0.25) is 0 Å². The number of nitrogens with zero attached hydrogens (tertiary/aromatic N) is 2. The number of hydrogen-bond acceptors (Lipinski definition) is 4. The molecule has 1 rings (SSSR count). The van der Waals surface area contributed by atoms with E-state index in [1.54, 1.807) is 7.05 Å². The molecule has 0 spiro atoms. The first-order chi connectivity index (χ1) is 8.57. The maximum atomic E-state index is 11.7. The van der Waals surface area contributed by atoms with E-state index < -0.39 is 5.54 Å². The highest BCUT2D eigenvalue weighted by atomic mass is 16.5. The number of likely N-dealkylation sites (N-methyl/N-ethyl adjacent to an activating group) is 1. The number of carbonyl (C=O) groups is 1. The molecule has 0 aliphatic carbocycles. The van der Waals surface area contributed by atoms with Crippen molar-refractivity contribution >= 4 is 5.97 Å². The summed E-state index contributed by atoms with van der Waals surface area (Å²) in [6.07, 6.45) is 6.35. The number of aryl methyl sites for hydroxylation is 2. The van der Waals surface area contributed by atoms with Crippen LogP contribution >= 0.6 is 0 Å². The highest BCUT2D eigenvalue weighted by Crippen LogP contribution is 2.15. The van der Waals surface area contributed by atoms with Gasteiger partial charge in [0.15, 0.2) is 0 Å². The molecule has 18 heavy (non-hydrogen) atoms. The first kappa shape index (κ1) is 14.7. The van der Waals surface area contributed by atoms with Crippen molar-refractivity contribution in [3.05, 3.63) is 18.2 Å². The molecule has 1 aromatic heterocycles. The zero-order valence-corrected chi connectivity index (χ0v) is 11.7. The van der Waals surface area contributed by atoms with E-state index in [1.807, 2.05) is 19.3 Å². The highest BCUT2D eigenvalue weighted by Gasteiger charge is 2.31. The first-order valence-electron chi connectivity index (χ1n) is 6.34. The lowest BCUT2D eigenvalue weighted by Gasteiger charge is -2.26. The Bertz CT molecular complexity index is 389. The molecule has 102 valence electrons. The van der Waals surface area contributed by atoms with Crippen LogP contribution in [0.5, 0.6) is 0 Å². The van der Waals surface area contributed by atoms with Crippen LogP contribution in [0.1, 0.15) is 32.5 Å². The fourth-order valence-corrected chi connectivity index (χ4v) is 2.02. The lowest BCUT2D eigenvalue weighted by molar-refractivity contribution is -0.148. The maximum absolute atomic E-state index is 11.7. The van der Waals surface area contributed by atoms with E-state index in [9.17, 15) is 4.79 Å². The van der Waals surface area contributed by atoms with Crippen molar-refractivity contribution in [2.24, 2.45) is 0 Å². The maximum Gasteiger partial charge on any atom is 0.325 e. The molecule has 1 unspecified atom stereocenters. The number of ether oxygens (including phenoxy) is 1. The average Bonchev–Trinajstić information content (AvgIpc) is 2.84. The zero-order chi connectivity index (χ0) is 13.6. The molecule has 0 aromatic carbocycles. The molecule has 0 saturated heterocycles. The predicted molar refractivity (Wildman–Crippen MR) is 70.3 cm³/mol. The van der Waals surface area contributed by atoms with E-state index in [2.05, 4.69) is 21.8 Å². The molecule has 1 heterocycles. The molecule has 0 fully saturated rings. The minimum absolute atomic E-state index is 0.216. The molecule has 0 aliphatic heterocycles.